The molecule has 4 heterocycles. The Hall–Kier alpha value is -4.07. The largest absolute Gasteiger partial charge is 0.489 e. The molecule has 0 aliphatic heterocycles. The van der Waals surface area contributed by atoms with E-state index in [0.717, 1.165) is 5.56 Å². The van der Waals surface area contributed by atoms with Crippen LogP contribution in [0.5, 0.6) is 5.75 Å². The van der Waals surface area contributed by atoms with Gasteiger partial charge in [0, 0.05) is 31.2 Å². The van der Waals surface area contributed by atoms with Crippen LogP contribution in [-0.2, 0) is 7.05 Å². The van der Waals surface area contributed by atoms with Gasteiger partial charge in [0.15, 0.2) is 0 Å². The van der Waals surface area contributed by atoms with Crippen LogP contribution in [0, 0.1) is 0 Å². The molecule has 0 bridgehead atoms. The summed E-state index contributed by atoms with van der Waals surface area (Å²) in [7, 11) is 1.79. The minimum Gasteiger partial charge on any atom is -0.489 e. The number of hydrogen-bond donors (Lipinski definition) is 1. The molecule has 4 aromatic rings. The van der Waals surface area contributed by atoms with Gasteiger partial charge in [-0.3, -0.25) is 19.4 Å². The number of rotatable bonds is 6. The Kier molecular flexibility index (Phi) is 5.70. The fourth-order valence-corrected chi connectivity index (χ4v) is 3.08. The van der Waals surface area contributed by atoms with E-state index in [1.807, 2.05) is 44.2 Å². The number of anilines is 1. The second-order valence-corrected chi connectivity index (χ2v) is 7.22. The number of pyridine rings is 3. The maximum Gasteiger partial charge on any atom is 0.274 e. The third-order valence-corrected chi connectivity index (χ3v) is 4.35. The number of aromatic nitrogens is 5. The van der Waals surface area contributed by atoms with Gasteiger partial charge in [-0.2, -0.15) is 5.10 Å². The number of nitrogens with zero attached hydrogens (tertiary/aromatic N) is 5. The lowest BCUT2D eigenvalue weighted by Gasteiger charge is -2.10. The normalized spacial score (nSPS) is 10.8. The van der Waals surface area contributed by atoms with Gasteiger partial charge in [0.25, 0.3) is 5.91 Å². The molecule has 0 radical (unpaired) electrons. The van der Waals surface area contributed by atoms with E-state index in [-0.39, 0.29) is 17.7 Å². The van der Waals surface area contributed by atoms with Crippen molar-refractivity contribution >= 4 is 11.6 Å². The van der Waals surface area contributed by atoms with Crippen molar-refractivity contribution in [2.75, 3.05) is 5.32 Å². The van der Waals surface area contributed by atoms with Crippen molar-refractivity contribution in [1.29, 1.82) is 0 Å². The molecule has 0 saturated heterocycles. The van der Waals surface area contributed by atoms with Crippen LogP contribution < -0.4 is 10.1 Å². The summed E-state index contributed by atoms with van der Waals surface area (Å²) in [5.74, 6) is 0.314. The molecule has 1 N–H and O–H groups in total. The lowest BCUT2D eigenvalue weighted by Crippen LogP contribution is -2.14. The molecule has 8 nitrogen and oxygen atoms in total. The smallest absolute Gasteiger partial charge is 0.274 e. The Morgan fingerprint density at radius 2 is 1.94 bits per heavy atom. The Morgan fingerprint density at radius 1 is 1.10 bits per heavy atom. The lowest BCUT2D eigenvalue weighted by atomic mass is 10.1. The molecule has 4 aromatic heterocycles. The van der Waals surface area contributed by atoms with Crippen molar-refractivity contribution in [1.82, 2.24) is 24.7 Å². The molecular weight excluding hydrogens is 392 g/mol. The molecule has 31 heavy (non-hydrogen) atoms. The SMILES string of the molecule is CC(C)Oc1cncc(-c2cccc(C(=O)Nc3cn(C)nc3-c3ccccn3)n2)c1. The van der Waals surface area contributed by atoms with Crippen LogP contribution in [-0.4, -0.2) is 36.7 Å². The molecule has 0 aromatic carbocycles. The van der Waals surface area contributed by atoms with E-state index < -0.39 is 0 Å². The van der Waals surface area contributed by atoms with E-state index in [0.29, 0.717) is 28.5 Å². The van der Waals surface area contributed by atoms with E-state index in [4.69, 9.17) is 4.74 Å². The van der Waals surface area contributed by atoms with E-state index in [1.165, 1.54) is 0 Å². The van der Waals surface area contributed by atoms with Gasteiger partial charge in [0.05, 0.1) is 29.4 Å². The van der Waals surface area contributed by atoms with Gasteiger partial charge in [-0.15, -0.1) is 0 Å². The van der Waals surface area contributed by atoms with E-state index in [2.05, 4.69) is 25.4 Å². The molecule has 156 valence electrons. The maximum absolute atomic E-state index is 12.9. The summed E-state index contributed by atoms with van der Waals surface area (Å²) in [6.07, 6.45) is 6.81. The number of hydrogen-bond acceptors (Lipinski definition) is 6. The molecule has 0 saturated carbocycles. The molecule has 0 spiro atoms. The van der Waals surface area contributed by atoms with Crippen LogP contribution in [0.15, 0.2) is 67.3 Å². The summed E-state index contributed by atoms with van der Waals surface area (Å²) < 4.78 is 7.34. The number of carbonyl (C=O) groups is 1. The van der Waals surface area contributed by atoms with Gasteiger partial charge in [0.1, 0.15) is 17.1 Å². The quantitative estimate of drug-likeness (QED) is 0.513. The zero-order valence-corrected chi connectivity index (χ0v) is 17.5. The lowest BCUT2D eigenvalue weighted by molar-refractivity contribution is 0.102. The summed E-state index contributed by atoms with van der Waals surface area (Å²) in [6, 6.07) is 12.7. The average Bonchev–Trinajstić information content (AvgIpc) is 3.14. The van der Waals surface area contributed by atoms with Gasteiger partial charge in [-0.05, 0) is 44.2 Å². The van der Waals surface area contributed by atoms with Gasteiger partial charge in [-0.1, -0.05) is 12.1 Å². The summed E-state index contributed by atoms with van der Waals surface area (Å²) >= 11 is 0. The van der Waals surface area contributed by atoms with Crippen molar-refractivity contribution in [2.45, 2.75) is 20.0 Å². The van der Waals surface area contributed by atoms with E-state index >= 15 is 0 Å². The minimum absolute atomic E-state index is 0.0369. The molecule has 4 rings (SSSR count). The highest BCUT2D eigenvalue weighted by atomic mass is 16.5. The predicted octanol–water partition coefficient (Wildman–Crippen LogP) is 3.98. The predicted molar refractivity (Wildman–Crippen MR) is 118 cm³/mol. The third-order valence-electron chi connectivity index (χ3n) is 4.35. The first-order chi connectivity index (χ1) is 15.0. The molecule has 0 fully saturated rings. The van der Waals surface area contributed by atoms with Crippen molar-refractivity contribution in [2.24, 2.45) is 7.05 Å². The van der Waals surface area contributed by atoms with Crippen LogP contribution >= 0.6 is 0 Å². The highest BCUT2D eigenvalue weighted by Gasteiger charge is 2.16. The molecule has 0 aliphatic rings. The maximum atomic E-state index is 12.9. The molecule has 0 atom stereocenters. The standard InChI is InChI=1S/C23H22N6O2/c1-15(2)31-17-11-16(12-24-13-17)18-8-6-9-20(26-18)23(30)27-21-14-29(3)28-22(21)19-7-4-5-10-25-19/h4-15H,1-3H3,(H,27,30). The number of ether oxygens (including phenoxy) is 1. The second kappa shape index (κ2) is 8.74. The van der Waals surface area contributed by atoms with Crippen molar-refractivity contribution < 1.29 is 9.53 Å². The summed E-state index contributed by atoms with van der Waals surface area (Å²) in [4.78, 5) is 26.0. The van der Waals surface area contributed by atoms with Crippen LogP contribution in [0.25, 0.3) is 22.6 Å². The van der Waals surface area contributed by atoms with Crippen LogP contribution in [0.4, 0.5) is 5.69 Å². The average molecular weight is 414 g/mol. The minimum atomic E-state index is -0.338. The Labute approximate surface area is 180 Å². The van der Waals surface area contributed by atoms with Gasteiger partial charge in [-0.25, -0.2) is 4.98 Å². The van der Waals surface area contributed by atoms with Gasteiger partial charge >= 0.3 is 0 Å². The fraction of sp³-hybridized carbons (Fsp3) is 0.174. The number of nitrogens with one attached hydrogen (secondary N) is 1. The summed E-state index contributed by atoms with van der Waals surface area (Å²) in [6.45, 7) is 3.90. The van der Waals surface area contributed by atoms with Crippen LogP contribution in [0.3, 0.4) is 0 Å². The first-order valence-electron chi connectivity index (χ1n) is 9.85. The molecule has 0 aliphatic carbocycles. The Balaban J connectivity index is 1.59. The van der Waals surface area contributed by atoms with Crippen molar-refractivity contribution in [3.8, 4) is 28.4 Å². The molecule has 1 amide bonds. The topological polar surface area (TPSA) is 94.8 Å². The highest BCUT2D eigenvalue weighted by molar-refractivity contribution is 6.04. The molecule has 8 heteroatoms. The van der Waals surface area contributed by atoms with Gasteiger partial charge < -0.3 is 10.1 Å². The van der Waals surface area contributed by atoms with Crippen molar-refractivity contribution in [3.63, 3.8) is 0 Å². The van der Waals surface area contributed by atoms with Crippen LogP contribution in [0.1, 0.15) is 24.3 Å². The Morgan fingerprint density at radius 3 is 2.71 bits per heavy atom. The Bertz CT molecular complexity index is 1200. The highest BCUT2D eigenvalue weighted by Crippen LogP contribution is 2.25. The summed E-state index contributed by atoms with van der Waals surface area (Å²) in [5, 5.41) is 7.32. The third kappa shape index (κ3) is 4.75. The number of carbonyl (C=O) groups excluding carboxylic acids is 1. The monoisotopic (exact) mass is 414 g/mol. The van der Waals surface area contributed by atoms with Crippen LogP contribution in [0.2, 0.25) is 0 Å². The van der Waals surface area contributed by atoms with Gasteiger partial charge in [0.2, 0.25) is 0 Å². The first-order valence-corrected chi connectivity index (χ1v) is 9.85. The van der Waals surface area contributed by atoms with E-state index in [9.17, 15) is 4.79 Å². The fourth-order valence-electron chi connectivity index (χ4n) is 3.08. The zero-order chi connectivity index (χ0) is 21.8. The van der Waals surface area contributed by atoms with Crippen molar-refractivity contribution in [3.05, 3.63) is 72.9 Å². The molecule has 0 unspecified atom stereocenters. The number of aryl methyl sites for hydroxylation is 1. The summed E-state index contributed by atoms with van der Waals surface area (Å²) in [5.41, 5.74) is 3.51. The zero-order valence-electron chi connectivity index (χ0n) is 17.5. The second-order valence-electron chi connectivity index (χ2n) is 7.22. The number of amides is 1. The van der Waals surface area contributed by atoms with E-state index in [1.54, 1.807) is 48.6 Å². The molecular formula is C23H22N6O2. The first kappa shape index (κ1) is 20.2.